The van der Waals surface area contributed by atoms with Gasteiger partial charge in [0.2, 0.25) is 5.95 Å². The summed E-state index contributed by atoms with van der Waals surface area (Å²) in [6.45, 7) is 3.90. The first-order valence-corrected chi connectivity index (χ1v) is 8.61. The number of hydrogen-bond acceptors (Lipinski definition) is 5. The van der Waals surface area contributed by atoms with Gasteiger partial charge in [0.15, 0.2) is 5.96 Å². The van der Waals surface area contributed by atoms with Crippen LogP contribution in [-0.4, -0.2) is 58.7 Å². The van der Waals surface area contributed by atoms with Crippen molar-refractivity contribution in [3.63, 3.8) is 0 Å². The average Bonchev–Trinajstić information content (AvgIpc) is 2.67. The fraction of sp³-hybridized carbons (Fsp3) is 0.389. The van der Waals surface area contributed by atoms with Gasteiger partial charge in [-0.05, 0) is 19.1 Å². The SMILES string of the molecule is CC(O)(CN=C(N)N1CCN(c2ncccn2)CC1)c1ccc(F)cc1F.I. The first kappa shape index (κ1) is 22.2. The quantitative estimate of drug-likeness (QED) is 0.375. The Balaban J connectivity index is 0.00000280. The molecule has 0 bridgehead atoms. The van der Waals surface area contributed by atoms with Crippen LogP contribution in [0.3, 0.4) is 0 Å². The molecule has 1 aliphatic rings. The number of aliphatic hydroxyl groups is 1. The van der Waals surface area contributed by atoms with E-state index in [4.69, 9.17) is 5.73 Å². The van der Waals surface area contributed by atoms with E-state index in [1.165, 1.54) is 13.0 Å². The molecule has 28 heavy (non-hydrogen) atoms. The van der Waals surface area contributed by atoms with Gasteiger partial charge in [0, 0.05) is 50.2 Å². The number of nitrogens with two attached hydrogens (primary N) is 1. The van der Waals surface area contributed by atoms with Crippen LogP contribution in [0.1, 0.15) is 12.5 Å². The average molecular weight is 504 g/mol. The predicted octanol–water partition coefficient (Wildman–Crippen LogP) is 1.72. The van der Waals surface area contributed by atoms with Crippen molar-refractivity contribution in [2.45, 2.75) is 12.5 Å². The number of rotatable bonds is 4. The molecule has 3 N–H and O–H groups in total. The van der Waals surface area contributed by atoms with Crippen LogP contribution >= 0.6 is 24.0 Å². The molecule has 1 aromatic heterocycles. The summed E-state index contributed by atoms with van der Waals surface area (Å²) in [7, 11) is 0. The van der Waals surface area contributed by atoms with Crippen molar-refractivity contribution in [3.8, 4) is 0 Å². The van der Waals surface area contributed by atoms with Gasteiger partial charge in [0.25, 0.3) is 0 Å². The Morgan fingerprint density at radius 2 is 1.86 bits per heavy atom. The second kappa shape index (κ2) is 9.41. The lowest BCUT2D eigenvalue weighted by atomic mass is 9.95. The van der Waals surface area contributed by atoms with E-state index in [0.717, 1.165) is 12.1 Å². The topological polar surface area (TPSA) is 90.9 Å². The molecular weight excluding hydrogens is 481 g/mol. The van der Waals surface area contributed by atoms with Crippen molar-refractivity contribution in [1.29, 1.82) is 0 Å². The van der Waals surface area contributed by atoms with Gasteiger partial charge in [-0.1, -0.05) is 6.07 Å². The lowest BCUT2D eigenvalue weighted by Crippen LogP contribution is -2.51. The summed E-state index contributed by atoms with van der Waals surface area (Å²) in [6.07, 6.45) is 3.39. The molecule has 1 fully saturated rings. The fourth-order valence-electron chi connectivity index (χ4n) is 2.94. The molecule has 1 aliphatic heterocycles. The Kier molecular flexibility index (Phi) is 7.47. The van der Waals surface area contributed by atoms with E-state index in [0.29, 0.717) is 32.1 Å². The predicted molar refractivity (Wildman–Crippen MR) is 114 cm³/mol. The van der Waals surface area contributed by atoms with Crippen LogP contribution in [0.25, 0.3) is 0 Å². The number of hydrogen-bond donors (Lipinski definition) is 2. The van der Waals surface area contributed by atoms with Crippen LogP contribution in [0.2, 0.25) is 0 Å². The van der Waals surface area contributed by atoms with Crippen LogP contribution < -0.4 is 10.6 Å². The number of guanidine groups is 1. The van der Waals surface area contributed by atoms with Crippen molar-refractivity contribution in [2.24, 2.45) is 10.7 Å². The monoisotopic (exact) mass is 504 g/mol. The lowest BCUT2D eigenvalue weighted by molar-refractivity contribution is 0.0630. The Labute approximate surface area is 179 Å². The van der Waals surface area contributed by atoms with Gasteiger partial charge < -0.3 is 20.6 Å². The van der Waals surface area contributed by atoms with Crippen molar-refractivity contribution >= 4 is 35.9 Å². The summed E-state index contributed by atoms with van der Waals surface area (Å²) in [6, 6.07) is 4.82. The highest BCUT2D eigenvalue weighted by Gasteiger charge is 2.27. The number of halogens is 3. The molecule has 1 atom stereocenters. The van der Waals surface area contributed by atoms with Gasteiger partial charge in [-0.15, -0.1) is 24.0 Å². The van der Waals surface area contributed by atoms with Crippen molar-refractivity contribution in [3.05, 3.63) is 53.9 Å². The number of aliphatic imine (C=N–C) groups is 1. The van der Waals surface area contributed by atoms with Gasteiger partial charge >= 0.3 is 0 Å². The fourth-order valence-corrected chi connectivity index (χ4v) is 2.94. The number of nitrogens with zero attached hydrogens (tertiary/aromatic N) is 5. The molecule has 3 rings (SSSR count). The number of piperazine rings is 1. The zero-order valence-corrected chi connectivity index (χ0v) is 17.8. The molecule has 1 aromatic carbocycles. The second-order valence-electron chi connectivity index (χ2n) is 6.60. The van der Waals surface area contributed by atoms with E-state index in [2.05, 4.69) is 15.0 Å². The summed E-state index contributed by atoms with van der Waals surface area (Å²) >= 11 is 0. The van der Waals surface area contributed by atoms with Crippen molar-refractivity contribution in [1.82, 2.24) is 14.9 Å². The number of aromatic nitrogens is 2. The second-order valence-corrected chi connectivity index (χ2v) is 6.60. The first-order chi connectivity index (χ1) is 12.9. The van der Waals surface area contributed by atoms with Crippen molar-refractivity contribution in [2.75, 3.05) is 37.6 Å². The van der Waals surface area contributed by atoms with Gasteiger partial charge in [-0.25, -0.2) is 23.7 Å². The van der Waals surface area contributed by atoms with Gasteiger partial charge in [0.05, 0.1) is 6.54 Å². The first-order valence-electron chi connectivity index (χ1n) is 8.61. The van der Waals surface area contributed by atoms with E-state index in [1.54, 1.807) is 18.5 Å². The third-order valence-electron chi connectivity index (χ3n) is 4.50. The molecule has 10 heteroatoms. The molecule has 0 spiro atoms. The van der Waals surface area contributed by atoms with E-state index in [-0.39, 0.29) is 42.0 Å². The van der Waals surface area contributed by atoms with Crippen LogP contribution in [0, 0.1) is 11.6 Å². The molecular formula is C18H23F2IN6O. The third kappa shape index (κ3) is 5.25. The van der Waals surface area contributed by atoms with E-state index >= 15 is 0 Å². The maximum atomic E-state index is 13.9. The minimum absolute atomic E-state index is 0. The van der Waals surface area contributed by atoms with E-state index in [1.807, 2.05) is 9.80 Å². The standard InChI is InChI=1S/C18H22F2N6O.HI/c1-18(27,14-4-3-13(19)11-15(14)20)12-24-16(21)25-7-9-26(10-8-25)17-22-5-2-6-23-17;/h2-6,11,27H,7-10,12H2,1H3,(H2,21,24);1H. The minimum Gasteiger partial charge on any atom is -0.383 e. The summed E-state index contributed by atoms with van der Waals surface area (Å²) in [5.41, 5.74) is 4.42. The smallest absolute Gasteiger partial charge is 0.225 e. The van der Waals surface area contributed by atoms with Crippen LogP contribution in [0.5, 0.6) is 0 Å². The highest BCUT2D eigenvalue weighted by Crippen LogP contribution is 2.24. The van der Waals surface area contributed by atoms with Crippen LogP contribution in [0.4, 0.5) is 14.7 Å². The Morgan fingerprint density at radius 3 is 2.46 bits per heavy atom. The largest absolute Gasteiger partial charge is 0.383 e. The molecule has 1 unspecified atom stereocenters. The minimum atomic E-state index is -1.60. The van der Waals surface area contributed by atoms with Crippen LogP contribution in [-0.2, 0) is 5.60 Å². The molecule has 1 saturated heterocycles. The Morgan fingerprint density at radius 1 is 1.21 bits per heavy atom. The zero-order chi connectivity index (χ0) is 19.4. The van der Waals surface area contributed by atoms with E-state index < -0.39 is 17.2 Å². The third-order valence-corrected chi connectivity index (χ3v) is 4.50. The van der Waals surface area contributed by atoms with Crippen LogP contribution in [0.15, 0.2) is 41.7 Å². The molecule has 0 radical (unpaired) electrons. The molecule has 0 amide bonds. The number of anilines is 1. The summed E-state index contributed by atoms with van der Waals surface area (Å²) in [5.74, 6) is -0.575. The maximum Gasteiger partial charge on any atom is 0.225 e. The molecule has 0 aliphatic carbocycles. The van der Waals surface area contributed by atoms with Gasteiger partial charge in [-0.2, -0.15) is 0 Å². The summed E-state index contributed by atoms with van der Waals surface area (Å²) in [4.78, 5) is 16.6. The highest BCUT2D eigenvalue weighted by atomic mass is 127. The molecule has 0 saturated carbocycles. The highest BCUT2D eigenvalue weighted by molar-refractivity contribution is 14.0. The molecule has 2 heterocycles. The van der Waals surface area contributed by atoms with Gasteiger partial charge in [-0.3, -0.25) is 0 Å². The lowest BCUT2D eigenvalue weighted by Gasteiger charge is -2.35. The molecule has 152 valence electrons. The summed E-state index contributed by atoms with van der Waals surface area (Å²) < 4.78 is 27.0. The van der Waals surface area contributed by atoms with E-state index in [9.17, 15) is 13.9 Å². The Bertz CT molecular complexity index is 813. The normalized spacial score (nSPS) is 17.1. The van der Waals surface area contributed by atoms with Crippen molar-refractivity contribution < 1.29 is 13.9 Å². The zero-order valence-electron chi connectivity index (χ0n) is 15.4. The maximum absolute atomic E-state index is 13.9. The van der Waals surface area contributed by atoms with Gasteiger partial charge in [0.1, 0.15) is 17.2 Å². The number of benzene rings is 1. The molecule has 2 aromatic rings. The molecule has 7 nitrogen and oxygen atoms in total. The summed E-state index contributed by atoms with van der Waals surface area (Å²) in [5, 5.41) is 10.5. The Hall–Kier alpha value is -2.08.